The molecule has 0 amide bonds. The Kier molecular flexibility index (Phi) is 4.51. The fraction of sp³-hybridized carbons (Fsp3) is 0.692. The van der Waals surface area contributed by atoms with E-state index in [0.717, 1.165) is 16.6 Å². The molecule has 3 nitrogen and oxygen atoms in total. The molecular weight excluding hydrogens is 278 g/mol. The summed E-state index contributed by atoms with van der Waals surface area (Å²) in [6.45, 7) is 5.79. The number of rotatable bonds is 3. The SMILES string of the molecule is CC(C)N1CCCCC1Cc1cc(Br)cnn1. The van der Waals surface area contributed by atoms with Crippen LogP contribution in [-0.4, -0.2) is 33.7 Å². The van der Waals surface area contributed by atoms with E-state index in [4.69, 9.17) is 0 Å². The normalized spacial score (nSPS) is 22.0. The van der Waals surface area contributed by atoms with Crippen LogP contribution in [0.2, 0.25) is 0 Å². The molecule has 2 heterocycles. The van der Waals surface area contributed by atoms with Gasteiger partial charge in [0.05, 0.1) is 11.9 Å². The first kappa shape index (κ1) is 13.0. The van der Waals surface area contributed by atoms with E-state index in [1.54, 1.807) is 6.20 Å². The van der Waals surface area contributed by atoms with Crippen LogP contribution in [-0.2, 0) is 6.42 Å². The van der Waals surface area contributed by atoms with Gasteiger partial charge in [-0.05, 0) is 55.2 Å². The van der Waals surface area contributed by atoms with Gasteiger partial charge in [-0.2, -0.15) is 10.2 Å². The highest BCUT2D eigenvalue weighted by molar-refractivity contribution is 9.10. The van der Waals surface area contributed by atoms with Crippen molar-refractivity contribution in [3.8, 4) is 0 Å². The number of likely N-dealkylation sites (tertiary alicyclic amines) is 1. The van der Waals surface area contributed by atoms with Crippen molar-refractivity contribution < 1.29 is 0 Å². The van der Waals surface area contributed by atoms with Gasteiger partial charge >= 0.3 is 0 Å². The van der Waals surface area contributed by atoms with Crippen LogP contribution in [0.4, 0.5) is 0 Å². The van der Waals surface area contributed by atoms with Crippen LogP contribution in [0.1, 0.15) is 38.8 Å². The predicted octanol–water partition coefficient (Wildman–Crippen LogP) is 3.04. The van der Waals surface area contributed by atoms with Gasteiger partial charge in [-0.25, -0.2) is 0 Å². The second-order valence-corrected chi connectivity index (χ2v) is 5.97. The molecule has 0 saturated carbocycles. The minimum atomic E-state index is 0.625. The van der Waals surface area contributed by atoms with E-state index < -0.39 is 0 Å². The number of hydrogen-bond donors (Lipinski definition) is 0. The lowest BCUT2D eigenvalue weighted by atomic mass is 9.96. The maximum absolute atomic E-state index is 4.22. The largest absolute Gasteiger partial charge is 0.298 e. The Morgan fingerprint density at radius 3 is 3.00 bits per heavy atom. The Bertz CT molecular complexity index is 367. The monoisotopic (exact) mass is 297 g/mol. The summed E-state index contributed by atoms with van der Waals surface area (Å²) in [6, 6.07) is 3.34. The molecule has 0 spiro atoms. The molecule has 1 fully saturated rings. The topological polar surface area (TPSA) is 29.0 Å². The van der Waals surface area contributed by atoms with Crippen LogP contribution in [0, 0.1) is 0 Å². The minimum absolute atomic E-state index is 0.625. The Hall–Kier alpha value is -0.480. The maximum atomic E-state index is 4.22. The van der Waals surface area contributed by atoms with Crippen molar-refractivity contribution in [2.45, 2.75) is 51.6 Å². The molecule has 94 valence electrons. The van der Waals surface area contributed by atoms with Gasteiger partial charge in [0.1, 0.15) is 0 Å². The van der Waals surface area contributed by atoms with Gasteiger partial charge in [-0.15, -0.1) is 0 Å². The molecule has 0 bridgehead atoms. The summed E-state index contributed by atoms with van der Waals surface area (Å²) < 4.78 is 1.02. The lowest BCUT2D eigenvalue weighted by Crippen LogP contribution is -2.45. The Balaban J connectivity index is 2.05. The molecule has 1 aromatic heterocycles. The van der Waals surface area contributed by atoms with Crippen LogP contribution in [0.25, 0.3) is 0 Å². The first-order valence-corrected chi connectivity index (χ1v) is 7.19. The average molecular weight is 298 g/mol. The van der Waals surface area contributed by atoms with E-state index in [1.807, 2.05) is 0 Å². The van der Waals surface area contributed by atoms with Gasteiger partial charge in [0.15, 0.2) is 0 Å². The van der Waals surface area contributed by atoms with Crippen molar-refractivity contribution in [1.29, 1.82) is 0 Å². The van der Waals surface area contributed by atoms with Crippen molar-refractivity contribution in [3.63, 3.8) is 0 Å². The Morgan fingerprint density at radius 2 is 2.29 bits per heavy atom. The zero-order chi connectivity index (χ0) is 12.3. The van der Waals surface area contributed by atoms with Gasteiger partial charge in [-0.1, -0.05) is 6.42 Å². The summed E-state index contributed by atoms with van der Waals surface area (Å²) in [6.07, 6.45) is 6.72. The molecule has 1 aliphatic rings. The number of aromatic nitrogens is 2. The Morgan fingerprint density at radius 1 is 1.47 bits per heavy atom. The molecule has 0 radical (unpaired) electrons. The molecule has 0 aliphatic carbocycles. The average Bonchev–Trinajstić information content (AvgIpc) is 2.29. The van der Waals surface area contributed by atoms with Crippen molar-refractivity contribution in [2.75, 3.05) is 6.54 Å². The quantitative estimate of drug-likeness (QED) is 0.859. The second-order valence-electron chi connectivity index (χ2n) is 5.05. The molecular formula is C13H20BrN3. The third-order valence-corrected chi connectivity index (χ3v) is 3.89. The molecule has 0 N–H and O–H groups in total. The number of nitrogens with zero attached hydrogens (tertiary/aromatic N) is 3. The van der Waals surface area contributed by atoms with Gasteiger partial charge in [0.2, 0.25) is 0 Å². The molecule has 1 saturated heterocycles. The summed E-state index contributed by atoms with van der Waals surface area (Å²) >= 11 is 3.45. The van der Waals surface area contributed by atoms with Crippen LogP contribution in [0.3, 0.4) is 0 Å². The van der Waals surface area contributed by atoms with E-state index in [1.165, 1.54) is 25.8 Å². The fourth-order valence-electron chi connectivity index (χ4n) is 2.65. The zero-order valence-electron chi connectivity index (χ0n) is 10.6. The summed E-state index contributed by atoms with van der Waals surface area (Å²) in [7, 11) is 0. The smallest absolute Gasteiger partial charge is 0.0657 e. The van der Waals surface area contributed by atoms with E-state index in [-0.39, 0.29) is 0 Å². The van der Waals surface area contributed by atoms with Gasteiger partial charge in [-0.3, -0.25) is 4.90 Å². The second kappa shape index (κ2) is 5.91. The lowest BCUT2D eigenvalue weighted by Gasteiger charge is -2.38. The first-order valence-electron chi connectivity index (χ1n) is 6.39. The van der Waals surface area contributed by atoms with Gasteiger partial charge in [0.25, 0.3) is 0 Å². The summed E-state index contributed by atoms with van der Waals surface area (Å²) in [5.41, 5.74) is 1.09. The number of halogens is 1. The molecule has 0 aromatic carbocycles. The summed E-state index contributed by atoms with van der Waals surface area (Å²) in [4.78, 5) is 2.60. The Labute approximate surface area is 112 Å². The van der Waals surface area contributed by atoms with Crippen molar-refractivity contribution in [3.05, 3.63) is 22.4 Å². The standard InChI is InChI=1S/C13H20BrN3/c1-10(2)17-6-4-3-5-13(17)8-12-7-11(14)9-15-16-12/h7,9-10,13H,3-6,8H2,1-2H3. The van der Waals surface area contributed by atoms with Crippen molar-refractivity contribution in [1.82, 2.24) is 15.1 Å². The fourth-order valence-corrected chi connectivity index (χ4v) is 3.00. The van der Waals surface area contributed by atoms with Crippen LogP contribution in [0.15, 0.2) is 16.7 Å². The highest BCUT2D eigenvalue weighted by Gasteiger charge is 2.24. The van der Waals surface area contributed by atoms with E-state index >= 15 is 0 Å². The third kappa shape index (κ3) is 3.49. The van der Waals surface area contributed by atoms with Crippen molar-refractivity contribution >= 4 is 15.9 Å². The number of hydrogen-bond acceptors (Lipinski definition) is 3. The highest BCUT2D eigenvalue weighted by Crippen LogP contribution is 2.22. The lowest BCUT2D eigenvalue weighted by molar-refractivity contribution is 0.111. The zero-order valence-corrected chi connectivity index (χ0v) is 12.2. The van der Waals surface area contributed by atoms with E-state index in [2.05, 4.69) is 50.9 Å². The molecule has 1 aromatic rings. The third-order valence-electron chi connectivity index (χ3n) is 3.45. The van der Waals surface area contributed by atoms with E-state index in [9.17, 15) is 0 Å². The highest BCUT2D eigenvalue weighted by atomic mass is 79.9. The molecule has 2 rings (SSSR count). The van der Waals surface area contributed by atoms with Gasteiger partial charge in [0, 0.05) is 23.0 Å². The number of piperidine rings is 1. The molecule has 17 heavy (non-hydrogen) atoms. The predicted molar refractivity (Wildman–Crippen MR) is 72.9 cm³/mol. The van der Waals surface area contributed by atoms with Crippen molar-refractivity contribution in [2.24, 2.45) is 0 Å². The van der Waals surface area contributed by atoms with E-state index in [0.29, 0.717) is 12.1 Å². The molecule has 4 heteroatoms. The minimum Gasteiger partial charge on any atom is -0.298 e. The van der Waals surface area contributed by atoms with Gasteiger partial charge < -0.3 is 0 Å². The molecule has 1 aliphatic heterocycles. The summed E-state index contributed by atoms with van der Waals surface area (Å²) in [5, 5.41) is 8.22. The van der Waals surface area contributed by atoms with Crippen LogP contribution in [0.5, 0.6) is 0 Å². The molecule has 1 atom stereocenters. The maximum Gasteiger partial charge on any atom is 0.0657 e. The first-order chi connectivity index (χ1) is 8.16. The van der Waals surface area contributed by atoms with Crippen LogP contribution < -0.4 is 0 Å². The molecule has 1 unspecified atom stereocenters. The summed E-state index contributed by atoms with van der Waals surface area (Å²) in [5.74, 6) is 0. The van der Waals surface area contributed by atoms with Crippen LogP contribution >= 0.6 is 15.9 Å².